The number of carbonyl (C=O) groups excluding carboxylic acids is 1. The normalized spacial score (nSPS) is 10.3. The third-order valence-corrected chi connectivity index (χ3v) is 3.44. The first-order valence-corrected chi connectivity index (χ1v) is 7.16. The van der Waals surface area contributed by atoms with E-state index < -0.39 is 5.97 Å². The quantitative estimate of drug-likeness (QED) is 0.710. The van der Waals surface area contributed by atoms with E-state index in [2.05, 4.69) is 10.1 Å². The first-order chi connectivity index (χ1) is 11.7. The highest BCUT2D eigenvalue weighted by molar-refractivity contribution is 5.89. The number of nitrogens with zero attached hydrogens (tertiary/aromatic N) is 5. The lowest BCUT2D eigenvalue weighted by Gasteiger charge is -2.07. The van der Waals surface area contributed by atoms with Gasteiger partial charge in [-0.2, -0.15) is 10.4 Å². The highest BCUT2D eigenvalue weighted by atomic mass is 16.5. The summed E-state index contributed by atoms with van der Waals surface area (Å²) in [6, 6.07) is 8.93. The van der Waals surface area contributed by atoms with Crippen molar-refractivity contribution in [3.63, 3.8) is 0 Å². The van der Waals surface area contributed by atoms with Gasteiger partial charge in [0, 0.05) is 18.1 Å². The van der Waals surface area contributed by atoms with Crippen LogP contribution in [0.25, 0.3) is 5.69 Å². The van der Waals surface area contributed by atoms with Gasteiger partial charge in [-0.1, -0.05) is 0 Å². The molecule has 0 fully saturated rings. The molecular formula is C16H14N6O2. The molecule has 3 aromatic rings. The Balaban J connectivity index is 1.57. The Morgan fingerprint density at radius 1 is 1.33 bits per heavy atom. The minimum Gasteiger partial charge on any atom is -0.460 e. The molecule has 8 nitrogen and oxygen atoms in total. The number of nitriles is 1. The summed E-state index contributed by atoms with van der Waals surface area (Å²) >= 11 is 0. The van der Waals surface area contributed by atoms with Crippen LogP contribution < -0.4 is 5.73 Å². The molecule has 0 aliphatic carbocycles. The zero-order chi connectivity index (χ0) is 16.9. The summed E-state index contributed by atoms with van der Waals surface area (Å²) in [5, 5.41) is 12.8. The van der Waals surface area contributed by atoms with Gasteiger partial charge >= 0.3 is 5.97 Å². The largest absolute Gasteiger partial charge is 0.460 e. The van der Waals surface area contributed by atoms with Gasteiger partial charge in [0.05, 0.1) is 24.6 Å². The Labute approximate surface area is 137 Å². The predicted octanol–water partition coefficient (Wildman–Crippen LogP) is 1.38. The summed E-state index contributed by atoms with van der Waals surface area (Å²) in [4.78, 5) is 16.0. The molecule has 1 aromatic carbocycles. The number of benzene rings is 1. The van der Waals surface area contributed by atoms with Crippen molar-refractivity contribution in [1.29, 1.82) is 5.26 Å². The van der Waals surface area contributed by atoms with E-state index in [0.717, 1.165) is 5.69 Å². The molecule has 0 saturated carbocycles. The molecule has 0 aliphatic rings. The molecule has 120 valence electrons. The van der Waals surface area contributed by atoms with Crippen LogP contribution in [-0.2, 0) is 11.3 Å². The molecule has 0 spiro atoms. The number of hydrogen-bond donors (Lipinski definition) is 1. The maximum atomic E-state index is 12.0. The van der Waals surface area contributed by atoms with E-state index >= 15 is 0 Å². The minimum atomic E-state index is -0.432. The summed E-state index contributed by atoms with van der Waals surface area (Å²) in [5.41, 5.74) is 7.39. The van der Waals surface area contributed by atoms with Crippen LogP contribution >= 0.6 is 0 Å². The number of carbonyl (C=O) groups is 1. The summed E-state index contributed by atoms with van der Waals surface area (Å²) in [5.74, 6) is -0.170. The van der Waals surface area contributed by atoms with E-state index in [1.807, 2.05) is 29.0 Å². The van der Waals surface area contributed by atoms with Crippen LogP contribution in [0.4, 0.5) is 5.82 Å². The fourth-order valence-corrected chi connectivity index (χ4v) is 2.15. The molecule has 0 amide bonds. The first-order valence-electron chi connectivity index (χ1n) is 7.16. The molecule has 0 saturated heterocycles. The summed E-state index contributed by atoms with van der Waals surface area (Å²) in [7, 11) is 0. The second-order valence-corrected chi connectivity index (χ2v) is 4.93. The van der Waals surface area contributed by atoms with Crippen molar-refractivity contribution in [1.82, 2.24) is 19.3 Å². The number of anilines is 1. The molecule has 24 heavy (non-hydrogen) atoms. The molecule has 0 radical (unpaired) electrons. The molecule has 2 heterocycles. The van der Waals surface area contributed by atoms with Crippen molar-refractivity contribution in [3.8, 4) is 11.8 Å². The Bertz CT molecular complexity index is 874. The Hall–Kier alpha value is -3.60. The van der Waals surface area contributed by atoms with E-state index in [1.165, 1.54) is 10.9 Å². The number of nitrogen functional groups attached to an aromatic ring is 1. The van der Waals surface area contributed by atoms with Crippen LogP contribution in [0.15, 0.2) is 49.2 Å². The van der Waals surface area contributed by atoms with Crippen molar-refractivity contribution in [2.45, 2.75) is 6.54 Å². The molecule has 8 heteroatoms. The van der Waals surface area contributed by atoms with Crippen molar-refractivity contribution >= 4 is 11.8 Å². The smallest absolute Gasteiger partial charge is 0.338 e. The number of ether oxygens (including phenoxy) is 1. The molecule has 0 bridgehead atoms. The minimum absolute atomic E-state index is 0.110. The number of imidazole rings is 1. The third kappa shape index (κ3) is 3.10. The van der Waals surface area contributed by atoms with Crippen molar-refractivity contribution in [3.05, 3.63) is 60.3 Å². The van der Waals surface area contributed by atoms with Crippen LogP contribution in [0.5, 0.6) is 0 Å². The zero-order valence-corrected chi connectivity index (χ0v) is 12.7. The fourth-order valence-electron chi connectivity index (χ4n) is 2.15. The first kappa shape index (κ1) is 15.3. The van der Waals surface area contributed by atoms with Crippen LogP contribution in [0.3, 0.4) is 0 Å². The lowest BCUT2D eigenvalue weighted by molar-refractivity contribution is 0.0488. The zero-order valence-electron chi connectivity index (χ0n) is 12.7. The van der Waals surface area contributed by atoms with Gasteiger partial charge in [0.2, 0.25) is 0 Å². The average Bonchev–Trinajstić information content (AvgIpc) is 3.25. The van der Waals surface area contributed by atoms with E-state index in [9.17, 15) is 4.79 Å². The maximum Gasteiger partial charge on any atom is 0.338 e. The van der Waals surface area contributed by atoms with Gasteiger partial charge in [-0.3, -0.25) is 0 Å². The Kier molecular flexibility index (Phi) is 4.25. The molecular weight excluding hydrogens is 308 g/mol. The Morgan fingerprint density at radius 3 is 2.75 bits per heavy atom. The number of rotatable bonds is 5. The second kappa shape index (κ2) is 6.66. The molecule has 0 aliphatic heterocycles. The van der Waals surface area contributed by atoms with Gasteiger partial charge < -0.3 is 15.0 Å². The van der Waals surface area contributed by atoms with Crippen LogP contribution in [0, 0.1) is 11.3 Å². The van der Waals surface area contributed by atoms with E-state index in [-0.39, 0.29) is 19.0 Å². The number of hydrogen-bond acceptors (Lipinski definition) is 6. The highest BCUT2D eigenvalue weighted by Gasteiger charge is 2.10. The summed E-state index contributed by atoms with van der Waals surface area (Å²) in [6.07, 6.45) is 6.56. The summed E-state index contributed by atoms with van der Waals surface area (Å²) in [6.45, 7) is 0.394. The van der Waals surface area contributed by atoms with E-state index in [0.29, 0.717) is 11.1 Å². The van der Waals surface area contributed by atoms with Crippen LogP contribution in [0.1, 0.15) is 15.9 Å². The van der Waals surface area contributed by atoms with Gasteiger partial charge in [0.1, 0.15) is 24.1 Å². The average molecular weight is 322 g/mol. The second-order valence-electron chi connectivity index (χ2n) is 4.93. The number of nitrogens with two attached hydrogens (primary N) is 1. The van der Waals surface area contributed by atoms with Crippen molar-refractivity contribution in [2.75, 3.05) is 12.3 Å². The van der Waals surface area contributed by atoms with E-state index in [1.54, 1.807) is 24.7 Å². The number of esters is 1. The molecule has 2 N–H and O–H groups in total. The van der Waals surface area contributed by atoms with E-state index in [4.69, 9.17) is 15.7 Å². The molecule has 0 unspecified atom stereocenters. The lowest BCUT2D eigenvalue weighted by Crippen LogP contribution is -2.14. The third-order valence-electron chi connectivity index (χ3n) is 3.44. The van der Waals surface area contributed by atoms with Gasteiger partial charge in [-0.25, -0.2) is 14.5 Å². The summed E-state index contributed by atoms with van der Waals surface area (Å²) < 4.78 is 8.46. The monoisotopic (exact) mass is 322 g/mol. The van der Waals surface area contributed by atoms with Crippen molar-refractivity contribution in [2.24, 2.45) is 0 Å². The van der Waals surface area contributed by atoms with Crippen molar-refractivity contribution < 1.29 is 9.53 Å². The van der Waals surface area contributed by atoms with Gasteiger partial charge in [0.25, 0.3) is 0 Å². The maximum absolute atomic E-state index is 12.0. The topological polar surface area (TPSA) is 112 Å². The Morgan fingerprint density at radius 2 is 2.12 bits per heavy atom. The number of aromatic nitrogens is 4. The van der Waals surface area contributed by atoms with Gasteiger partial charge in [0.15, 0.2) is 0 Å². The predicted molar refractivity (Wildman–Crippen MR) is 85.2 cm³/mol. The molecule has 3 rings (SSSR count). The van der Waals surface area contributed by atoms with Crippen LogP contribution in [0.2, 0.25) is 0 Å². The van der Waals surface area contributed by atoms with Gasteiger partial charge in [-0.15, -0.1) is 0 Å². The molecule has 2 aromatic heterocycles. The SMILES string of the molecule is N#Cc1cnn(CCOC(=O)c2ccc(-n3ccnc3)cc2)c1N. The van der Waals surface area contributed by atoms with Gasteiger partial charge in [-0.05, 0) is 24.3 Å². The standard InChI is InChI=1S/C16H14N6O2/c17-9-13-10-20-22(15(13)18)7-8-24-16(23)12-1-3-14(4-2-12)21-6-5-19-11-21/h1-6,10-11H,7-8,18H2. The highest BCUT2D eigenvalue weighted by Crippen LogP contribution is 2.11. The molecule has 0 atom stereocenters. The lowest BCUT2D eigenvalue weighted by atomic mass is 10.2. The fraction of sp³-hybridized carbons (Fsp3) is 0.125. The van der Waals surface area contributed by atoms with Crippen LogP contribution in [-0.4, -0.2) is 31.9 Å².